The summed E-state index contributed by atoms with van der Waals surface area (Å²) in [5.74, 6) is -1.70. The van der Waals surface area contributed by atoms with E-state index in [0.29, 0.717) is 0 Å². The fourth-order valence-electron chi connectivity index (χ4n) is 3.60. The van der Waals surface area contributed by atoms with Crippen LogP contribution in [0.25, 0.3) is 0 Å². The third-order valence-electron chi connectivity index (χ3n) is 4.18. The van der Waals surface area contributed by atoms with E-state index in [9.17, 15) is 8.42 Å². The maximum absolute atomic E-state index is 11.7. The maximum atomic E-state index is 11.7. The van der Waals surface area contributed by atoms with Gasteiger partial charge in [0, 0.05) is 7.11 Å². The van der Waals surface area contributed by atoms with Gasteiger partial charge >= 0.3 is 0 Å². The molecule has 0 aromatic carbocycles. The van der Waals surface area contributed by atoms with Crippen LogP contribution in [0.4, 0.5) is 0 Å². The lowest BCUT2D eigenvalue weighted by atomic mass is 9.85. The van der Waals surface area contributed by atoms with Crippen LogP contribution in [0.15, 0.2) is 0 Å². The average Bonchev–Trinajstić information content (AvgIpc) is 2.83. The molecule has 1 aliphatic carbocycles. The summed E-state index contributed by atoms with van der Waals surface area (Å²) in [7, 11) is -2.23. The minimum atomic E-state index is -3.71. The molecule has 0 radical (unpaired) electrons. The molecule has 3 rings (SSSR count). The molecule has 2 saturated heterocycles. The smallest absolute Gasteiger partial charge is 0.264 e. The zero-order valence-electron chi connectivity index (χ0n) is 14.1. The number of rotatable bonds is 3. The highest BCUT2D eigenvalue weighted by atomic mass is 32.2. The van der Waals surface area contributed by atoms with Crippen molar-refractivity contribution in [1.29, 1.82) is 0 Å². The zero-order valence-corrected chi connectivity index (χ0v) is 15.0. The van der Waals surface area contributed by atoms with Crippen LogP contribution in [0.3, 0.4) is 0 Å². The standard InChI is InChI=1S/C14H24O8S/c1-13(2)18-8-7(17-5)12(22-23(6,15)16)11-10(9(8)19-13)20-14(3,4)21-11/h7-12H,1-6H3/t7-,8-,9-,10+,11-,12-/m1/s1. The van der Waals surface area contributed by atoms with Gasteiger partial charge in [-0.25, -0.2) is 0 Å². The first-order chi connectivity index (χ1) is 10.4. The lowest BCUT2D eigenvalue weighted by molar-refractivity contribution is -0.185. The second-order valence-electron chi connectivity index (χ2n) is 7.09. The Bertz CT molecular complexity index is 571. The fourth-order valence-corrected chi connectivity index (χ4v) is 4.23. The van der Waals surface area contributed by atoms with Gasteiger partial charge in [0.15, 0.2) is 11.6 Å². The zero-order chi connectivity index (χ0) is 17.2. The van der Waals surface area contributed by atoms with E-state index in [1.165, 1.54) is 7.11 Å². The summed E-state index contributed by atoms with van der Waals surface area (Å²) < 4.78 is 57.9. The van der Waals surface area contributed by atoms with E-state index < -0.39 is 58.3 Å². The Hall–Kier alpha value is -0.290. The number of hydrogen-bond acceptors (Lipinski definition) is 8. The maximum Gasteiger partial charge on any atom is 0.264 e. The molecule has 0 spiro atoms. The Balaban J connectivity index is 1.99. The monoisotopic (exact) mass is 352 g/mol. The van der Waals surface area contributed by atoms with Crippen molar-refractivity contribution < 1.29 is 36.3 Å². The van der Waals surface area contributed by atoms with E-state index in [1.54, 1.807) is 27.7 Å². The molecule has 8 nitrogen and oxygen atoms in total. The molecule has 134 valence electrons. The van der Waals surface area contributed by atoms with E-state index in [0.717, 1.165) is 6.26 Å². The van der Waals surface area contributed by atoms with Crippen molar-refractivity contribution in [2.45, 2.75) is 75.9 Å². The first-order valence-corrected chi connectivity index (χ1v) is 9.36. The fraction of sp³-hybridized carbons (Fsp3) is 1.00. The van der Waals surface area contributed by atoms with E-state index in [-0.39, 0.29) is 0 Å². The lowest BCUT2D eigenvalue weighted by Crippen LogP contribution is -2.63. The molecule has 2 aliphatic heterocycles. The van der Waals surface area contributed by atoms with Gasteiger partial charge in [-0.2, -0.15) is 8.42 Å². The van der Waals surface area contributed by atoms with E-state index in [1.807, 2.05) is 0 Å². The molecule has 0 amide bonds. The molecular weight excluding hydrogens is 328 g/mol. The van der Waals surface area contributed by atoms with E-state index in [2.05, 4.69) is 0 Å². The molecule has 0 bridgehead atoms. The molecule has 1 saturated carbocycles. The summed E-state index contributed by atoms with van der Waals surface area (Å²) in [5, 5.41) is 0. The van der Waals surface area contributed by atoms with E-state index in [4.69, 9.17) is 27.9 Å². The quantitative estimate of drug-likeness (QED) is 0.674. The van der Waals surface area contributed by atoms with Gasteiger partial charge in [0.2, 0.25) is 0 Å². The normalized spacial score (nSPS) is 44.8. The Morgan fingerprint density at radius 2 is 1.17 bits per heavy atom. The topological polar surface area (TPSA) is 89.5 Å². The molecule has 0 N–H and O–H groups in total. The average molecular weight is 352 g/mol. The number of methoxy groups -OCH3 is 1. The minimum absolute atomic E-state index is 0.430. The predicted molar refractivity (Wildman–Crippen MR) is 78.2 cm³/mol. The first-order valence-electron chi connectivity index (χ1n) is 7.55. The van der Waals surface area contributed by atoms with Crippen molar-refractivity contribution in [1.82, 2.24) is 0 Å². The summed E-state index contributed by atoms with van der Waals surface area (Å²) in [5.41, 5.74) is 0. The van der Waals surface area contributed by atoms with Crippen LogP contribution in [0.2, 0.25) is 0 Å². The van der Waals surface area contributed by atoms with Crippen LogP contribution in [0.5, 0.6) is 0 Å². The van der Waals surface area contributed by atoms with E-state index >= 15 is 0 Å². The lowest BCUT2D eigenvalue weighted by Gasteiger charge is -2.41. The van der Waals surface area contributed by atoms with Crippen LogP contribution < -0.4 is 0 Å². The Labute approximate surface area is 136 Å². The summed E-state index contributed by atoms with van der Waals surface area (Å²) in [6, 6.07) is 0. The van der Waals surface area contributed by atoms with Crippen molar-refractivity contribution >= 4 is 10.1 Å². The van der Waals surface area contributed by atoms with Crippen molar-refractivity contribution in [2.24, 2.45) is 0 Å². The second kappa shape index (κ2) is 5.35. The summed E-state index contributed by atoms with van der Waals surface area (Å²) in [6.07, 6.45) is -2.62. The molecule has 2 heterocycles. The predicted octanol–water partition coefficient (Wildman–Crippen LogP) is 0.400. The van der Waals surface area contributed by atoms with Gasteiger partial charge in [0.05, 0.1) is 6.26 Å². The molecule has 6 atom stereocenters. The van der Waals surface area contributed by atoms with Gasteiger partial charge in [-0.05, 0) is 27.7 Å². The molecule has 3 aliphatic rings. The third kappa shape index (κ3) is 3.28. The van der Waals surface area contributed by atoms with Gasteiger partial charge in [-0.15, -0.1) is 0 Å². The Morgan fingerprint density at radius 1 is 0.783 bits per heavy atom. The van der Waals surface area contributed by atoms with Crippen LogP contribution in [-0.2, 0) is 38.0 Å². The van der Waals surface area contributed by atoms with Crippen LogP contribution in [-0.4, -0.2) is 70.0 Å². The highest BCUT2D eigenvalue weighted by Crippen LogP contribution is 2.46. The van der Waals surface area contributed by atoms with Gasteiger partial charge < -0.3 is 23.7 Å². The minimum Gasteiger partial charge on any atom is -0.376 e. The van der Waals surface area contributed by atoms with Crippen LogP contribution >= 0.6 is 0 Å². The SMILES string of the molecule is CO[C@@H]1[C@H]2OC(C)(C)O[C@H]2[C@@H]2OC(C)(C)O[C@H]2[C@@H]1OS(C)(=O)=O. The molecule has 3 fully saturated rings. The van der Waals surface area contributed by atoms with Gasteiger partial charge in [-0.3, -0.25) is 4.18 Å². The molecule has 0 aromatic rings. The highest BCUT2D eigenvalue weighted by Gasteiger charge is 2.64. The number of ether oxygens (including phenoxy) is 5. The number of hydrogen-bond donors (Lipinski definition) is 0. The number of fused-ring (bicyclic) bond motifs is 3. The summed E-state index contributed by atoms with van der Waals surface area (Å²) in [6.45, 7) is 7.11. The van der Waals surface area contributed by atoms with Gasteiger partial charge in [-0.1, -0.05) is 0 Å². The summed E-state index contributed by atoms with van der Waals surface area (Å²) >= 11 is 0. The van der Waals surface area contributed by atoms with Crippen molar-refractivity contribution in [3.05, 3.63) is 0 Å². The molecule has 9 heteroatoms. The first kappa shape index (κ1) is 17.5. The second-order valence-corrected chi connectivity index (χ2v) is 8.70. The Kier molecular flexibility index (Phi) is 4.08. The van der Waals surface area contributed by atoms with Crippen molar-refractivity contribution in [3.8, 4) is 0 Å². The van der Waals surface area contributed by atoms with Crippen LogP contribution in [0, 0.1) is 0 Å². The molecule has 23 heavy (non-hydrogen) atoms. The molecular formula is C14H24O8S. The Morgan fingerprint density at radius 3 is 1.57 bits per heavy atom. The molecule has 0 aromatic heterocycles. The highest BCUT2D eigenvalue weighted by molar-refractivity contribution is 7.86. The summed E-state index contributed by atoms with van der Waals surface area (Å²) in [4.78, 5) is 0. The largest absolute Gasteiger partial charge is 0.376 e. The van der Waals surface area contributed by atoms with Crippen molar-refractivity contribution in [2.75, 3.05) is 13.4 Å². The third-order valence-corrected chi connectivity index (χ3v) is 4.75. The molecule has 0 unspecified atom stereocenters. The van der Waals surface area contributed by atoms with Crippen molar-refractivity contribution in [3.63, 3.8) is 0 Å². The van der Waals surface area contributed by atoms with Gasteiger partial charge in [0.1, 0.15) is 36.6 Å². The van der Waals surface area contributed by atoms with Crippen LogP contribution in [0.1, 0.15) is 27.7 Å². The van der Waals surface area contributed by atoms with Gasteiger partial charge in [0.25, 0.3) is 10.1 Å².